The number of rotatable bonds is 27. The van der Waals surface area contributed by atoms with Gasteiger partial charge in [0.05, 0.1) is 6.61 Å². The van der Waals surface area contributed by atoms with Gasteiger partial charge in [0.1, 0.15) is 39.1 Å². The monoisotopic (exact) mass is 1040 g/mol. The zero-order valence-corrected chi connectivity index (χ0v) is 43.6. The molecule has 1 heterocycles. The van der Waals surface area contributed by atoms with Gasteiger partial charge in [-0.2, -0.15) is 0 Å². The molecule has 0 saturated carbocycles. The maximum Gasteiger partial charge on any atom is 0.333 e. The van der Waals surface area contributed by atoms with Crippen LogP contribution in [-0.4, -0.2) is 75.6 Å². The van der Waals surface area contributed by atoms with Crippen molar-refractivity contribution in [3.05, 3.63) is 37.5 Å². The van der Waals surface area contributed by atoms with E-state index in [0.29, 0.717) is 37.5 Å². The average molecular weight is 1040 g/mol. The summed E-state index contributed by atoms with van der Waals surface area (Å²) < 4.78 is 28.6. The minimum absolute atomic E-state index is 0. The minimum Gasteiger partial charge on any atom is -0.462 e. The van der Waals surface area contributed by atoms with Gasteiger partial charge >= 0.3 is 29.8 Å². The molecule has 61 heavy (non-hydrogen) atoms. The van der Waals surface area contributed by atoms with Crippen molar-refractivity contribution in [1.29, 1.82) is 0 Å². The molecule has 0 aliphatic carbocycles. The van der Waals surface area contributed by atoms with E-state index in [0.717, 1.165) is 60.5 Å². The molecule has 0 aromatic heterocycles. The molecular formula is C49H88O11Re. The third kappa shape index (κ3) is 48.1. The first-order valence-corrected chi connectivity index (χ1v) is 22.2. The summed E-state index contributed by atoms with van der Waals surface area (Å²) in [6.45, 7) is 42.4. The average Bonchev–Trinajstić information content (AvgIpc) is 3.97. The van der Waals surface area contributed by atoms with Crippen molar-refractivity contribution in [1.82, 2.24) is 0 Å². The number of ether oxygens (including phenoxy) is 6. The van der Waals surface area contributed by atoms with Gasteiger partial charge in [-0.25, -0.2) is 14.4 Å². The molecule has 0 amide bonds. The molecule has 0 bridgehead atoms. The Morgan fingerprint density at radius 3 is 1.36 bits per heavy atom. The summed E-state index contributed by atoms with van der Waals surface area (Å²) in [6.07, 6.45) is 11.6. The maximum absolute atomic E-state index is 11.8. The summed E-state index contributed by atoms with van der Waals surface area (Å²) in [6, 6.07) is 0. The summed E-state index contributed by atoms with van der Waals surface area (Å²) in [5.41, 5.74) is 0.561. The van der Waals surface area contributed by atoms with Gasteiger partial charge in [-0.15, -0.1) is 0 Å². The summed E-state index contributed by atoms with van der Waals surface area (Å²) in [7, 11) is 0. The molecule has 0 aromatic carbocycles. The molecule has 0 aromatic rings. The Balaban J connectivity index is -0.000000381. The summed E-state index contributed by atoms with van der Waals surface area (Å²) >= 11 is 0. The van der Waals surface area contributed by atoms with Gasteiger partial charge < -0.3 is 28.4 Å². The van der Waals surface area contributed by atoms with Crippen molar-refractivity contribution in [2.75, 3.05) is 39.6 Å². The fourth-order valence-corrected chi connectivity index (χ4v) is 6.99. The fourth-order valence-electron chi connectivity index (χ4n) is 6.99. The van der Waals surface area contributed by atoms with Crippen LogP contribution in [0.1, 0.15) is 155 Å². The number of epoxide rings is 1. The number of carbonyl (C=O) groups excluding carboxylic acids is 5. The number of hydrogen-bond acceptors (Lipinski definition) is 11. The molecule has 0 N–H and O–H groups in total. The van der Waals surface area contributed by atoms with Crippen LogP contribution in [0.15, 0.2) is 37.5 Å². The van der Waals surface area contributed by atoms with E-state index in [1.54, 1.807) is 13.8 Å². The standard InChI is InChI=1S/C21H40O4.C13H28.C8H10O4.C7H10O3.Re/c1-8-19(22)24-11-12-25-20(23)9-10-21(6,7)15-18(5)14-17(4)13-16(2)3;1-10(2)7-12(5)9-13(6)8-11(3)4;1-3-7(9)11-5-6-12-8(10)4-2;1-5(2)7(8)10-4-6-3-9-6;/h16-18H,8-15H2,1-7H3;10-13H,7-9H2,1-6H3;3-4H,1-2,5-6H2;6H,1,3-4H2,2H3;. The molecule has 1 saturated heterocycles. The van der Waals surface area contributed by atoms with Gasteiger partial charge in [-0.05, 0) is 98.7 Å². The van der Waals surface area contributed by atoms with Crippen molar-refractivity contribution < 1.29 is 72.8 Å². The molecule has 0 spiro atoms. The number of hydrogen-bond donors (Lipinski definition) is 0. The van der Waals surface area contributed by atoms with Crippen molar-refractivity contribution in [3.63, 3.8) is 0 Å². The van der Waals surface area contributed by atoms with Crippen LogP contribution in [0.5, 0.6) is 0 Å². The Bertz CT molecular complexity index is 1190. The zero-order valence-electron chi connectivity index (χ0n) is 40.9. The van der Waals surface area contributed by atoms with Crippen molar-refractivity contribution in [2.45, 2.75) is 161 Å². The van der Waals surface area contributed by atoms with Gasteiger partial charge in [0.15, 0.2) is 0 Å². The van der Waals surface area contributed by atoms with E-state index in [2.05, 4.69) is 112 Å². The van der Waals surface area contributed by atoms with Crippen LogP contribution in [0.2, 0.25) is 0 Å². The van der Waals surface area contributed by atoms with Crippen LogP contribution in [0.3, 0.4) is 0 Å². The predicted octanol–water partition coefficient (Wildman–Crippen LogP) is 11.1. The Morgan fingerprint density at radius 1 is 0.639 bits per heavy atom. The molecule has 357 valence electrons. The Labute approximate surface area is 385 Å². The van der Waals surface area contributed by atoms with Crippen molar-refractivity contribution in [2.24, 2.45) is 46.8 Å². The van der Waals surface area contributed by atoms with Gasteiger partial charge in [0.2, 0.25) is 0 Å². The van der Waals surface area contributed by atoms with E-state index in [9.17, 15) is 24.0 Å². The molecule has 1 aliphatic rings. The van der Waals surface area contributed by atoms with Gasteiger partial charge in [-0.1, -0.05) is 110 Å². The second kappa shape index (κ2) is 38.8. The molecular weight excluding hydrogens is 951 g/mol. The normalized spacial score (nSPS) is 14.6. The van der Waals surface area contributed by atoms with Crippen molar-refractivity contribution in [3.8, 4) is 0 Å². The first-order valence-electron chi connectivity index (χ1n) is 22.2. The van der Waals surface area contributed by atoms with Crippen LogP contribution in [0.4, 0.5) is 0 Å². The Morgan fingerprint density at radius 2 is 1.02 bits per heavy atom. The van der Waals surface area contributed by atoms with E-state index < -0.39 is 11.9 Å². The van der Waals surface area contributed by atoms with Gasteiger partial charge in [0.25, 0.3) is 0 Å². The minimum atomic E-state index is -0.537. The van der Waals surface area contributed by atoms with Crippen LogP contribution >= 0.6 is 0 Å². The fraction of sp³-hybridized carbons (Fsp3) is 0.776. The summed E-state index contributed by atoms with van der Waals surface area (Å²) in [4.78, 5) is 54.4. The van der Waals surface area contributed by atoms with E-state index in [1.807, 2.05) is 0 Å². The van der Waals surface area contributed by atoms with Gasteiger partial charge in [-0.3, -0.25) is 9.59 Å². The van der Waals surface area contributed by atoms with Gasteiger partial charge in [0, 0.05) is 51.0 Å². The van der Waals surface area contributed by atoms with Crippen LogP contribution in [0.25, 0.3) is 0 Å². The molecule has 11 nitrogen and oxygen atoms in total. The summed E-state index contributed by atoms with van der Waals surface area (Å²) in [5, 5.41) is 0. The SMILES string of the molecule is C=C(C)C(=O)OCC1CO1.C=CC(=O)OCCOC(=O)C=C.CC(C)CC(C)CC(C)CC(C)C.CCC(=O)OCCOC(=O)CCC(C)(C)CC(C)CC(C)CC(C)C.[Re]. The topological polar surface area (TPSA) is 144 Å². The van der Waals surface area contributed by atoms with E-state index in [-0.39, 0.29) is 76.3 Å². The summed E-state index contributed by atoms with van der Waals surface area (Å²) in [5.74, 6) is 3.82. The first kappa shape index (κ1) is 64.8. The molecule has 12 heteroatoms. The third-order valence-electron chi connectivity index (χ3n) is 9.09. The predicted molar refractivity (Wildman–Crippen MR) is 242 cm³/mol. The molecule has 1 aliphatic heterocycles. The Hall–Kier alpha value is -2.81. The van der Waals surface area contributed by atoms with Crippen LogP contribution < -0.4 is 0 Å². The van der Waals surface area contributed by atoms with E-state index in [4.69, 9.17) is 18.9 Å². The van der Waals surface area contributed by atoms with Crippen LogP contribution in [0, 0.1) is 46.8 Å². The molecule has 1 fully saturated rings. The third-order valence-corrected chi connectivity index (χ3v) is 9.09. The zero-order chi connectivity index (χ0) is 46.8. The first-order chi connectivity index (χ1) is 27.9. The second-order valence-electron chi connectivity index (χ2n) is 18.5. The van der Waals surface area contributed by atoms with E-state index >= 15 is 0 Å². The second-order valence-corrected chi connectivity index (χ2v) is 18.5. The Kier molecular flexibility index (Phi) is 41.3. The van der Waals surface area contributed by atoms with Crippen LogP contribution in [-0.2, 0) is 72.8 Å². The molecule has 1 radical (unpaired) electrons. The quantitative estimate of drug-likeness (QED) is 0.0255. The molecule has 5 unspecified atom stereocenters. The van der Waals surface area contributed by atoms with Crippen molar-refractivity contribution >= 4 is 29.8 Å². The molecule has 1 rings (SSSR count). The molecule has 5 atom stereocenters. The van der Waals surface area contributed by atoms with E-state index in [1.165, 1.54) is 32.1 Å². The smallest absolute Gasteiger partial charge is 0.333 e. The largest absolute Gasteiger partial charge is 0.462 e. The number of carbonyl (C=O) groups is 5. The maximum atomic E-state index is 11.8. The number of esters is 5.